The van der Waals surface area contributed by atoms with Crippen molar-refractivity contribution in [2.24, 2.45) is 4.99 Å². The minimum absolute atomic E-state index is 1.59. The molecule has 0 heterocycles. The van der Waals surface area contributed by atoms with Crippen LogP contribution in [0.15, 0.2) is 4.99 Å². The van der Waals surface area contributed by atoms with Gasteiger partial charge in [-0.25, -0.2) is 4.99 Å². The lowest BCUT2D eigenvalue weighted by Crippen LogP contribution is -1.33. The highest BCUT2D eigenvalue weighted by Crippen LogP contribution is 1.48. The Morgan fingerprint density at radius 1 is 1.67 bits per heavy atom. The van der Waals surface area contributed by atoms with E-state index >= 15 is 0 Å². The molecule has 0 aromatic rings. The Kier molecular flexibility index (Phi) is 28.8. The molecule has 0 fully saturated rings. The van der Waals surface area contributed by atoms with E-state index in [1.165, 1.54) is 0 Å². The van der Waals surface area contributed by atoms with Gasteiger partial charge in [-0.05, 0) is 17.1 Å². The van der Waals surface area contributed by atoms with E-state index in [0.29, 0.717) is 0 Å². The van der Waals surface area contributed by atoms with Crippen molar-refractivity contribution in [1.82, 2.24) is 0 Å². The molecule has 0 aliphatic rings. The number of hydrogen-bond donors (Lipinski definition) is 0. The summed E-state index contributed by atoms with van der Waals surface area (Å²) >= 11 is 6.29. The van der Waals surface area contributed by atoms with Crippen molar-refractivity contribution in [3.8, 4) is 0 Å². The van der Waals surface area contributed by atoms with Gasteiger partial charge in [-0.3, -0.25) is 0 Å². The van der Waals surface area contributed by atoms with Crippen LogP contribution in [0.2, 0.25) is 0 Å². The van der Waals surface area contributed by atoms with Gasteiger partial charge in [0.1, 0.15) is 0 Å². The van der Waals surface area contributed by atoms with Gasteiger partial charge >= 0.3 is 0 Å². The molecule has 0 saturated carbocycles. The number of nitrogens with zero attached hydrogens (tertiary/aromatic N) is 1. The van der Waals surface area contributed by atoms with Crippen molar-refractivity contribution >= 4 is 40.0 Å². The number of hydrogen-bond acceptors (Lipinski definition) is 2. The van der Waals surface area contributed by atoms with Crippen molar-refractivity contribution < 1.29 is 0 Å². The van der Waals surface area contributed by atoms with E-state index in [1.54, 1.807) is 7.05 Å². The molecule has 0 unspecified atom stereocenters. The van der Waals surface area contributed by atoms with E-state index in [2.05, 4.69) is 45.0 Å². The molecule has 3 heteroatoms. The molecule has 0 rings (SSSR count). The minimum Gasteiger partial charge on any atom is -0.236 e. The molecule has 1 nitrogen and oxygen atoms in total. The van der Waals surface area contributed by atoms with Crippen LogP contribution < -0.4 is 0 Å². The summed E-state index contributed by atoms with van der Waals surface area (Å²) in [6.45, 7) is 0. The van der Waals surface area contributed by atoms with Crippen LogP contribution in [-0.2, 0) is 0 Å². The van der Waals surface area contributed by atoms with Crippen LogP contribution in [0.3, 0.4) is 0 Å². The van der Waals surface area contributed by atoms with E-state index in [-0.39, 0.29) is 0 Å². The second kappa shape index (κ2) is 17.7. The molecular weight excluding hydrogens is 209 g/mol. The molecule has 0 radical (unpaired) electrons. The van der Waals surface area contributed by atoms with Gasteiger partial charge in [0.25, 0.3) is 0 Å². The second-order valence-electron chi connectivity index (χ2n) is 0.315. The fraction of sp³-hybridized carbons (Fsp3) is 0.667. The summed E-state index contributed by atoms with van der Waals surface area (Å²) in [4.78, 5) is 5.27. The lowest BCUT2D eigenvalue weighted by Gasteiger charge is -1.39. The predicted octanol–water partition coefficient (Wildman–Crippen LogP) is 1.77. The van der Waals surface area contributed by atoms with Gasteiger partial charge < -0.3 is 0 Å². The minimum atomic E-state index is 1.59. The van der Waals surface area contributed by atoms with Crippen LogP contribution in [0, 0.1) is 0 Å². The summed E-state index contributed by atoms with van der Waals surface area (Å²) < 4.78 is 0. The van der Waals surface area contributed by atoms with Crippen molar-refractivity contribution in [3.63, 3.8) is 0 Å². The van der Waals surface area contributed by atoms with Gasteiger partial charge in [-0.2, -0.15) is 0 Å². The largest absolute Gasteiger partial charge is 0.236 e. The van der Waals surface area contributed by atoms with Gasteiger partial charge in [0.05, 0.1) is 5.16 Å². The predicted molar refractivity (Wildman–Crippen MR) is 40.9 cm³/mol. The zero-order valence-electron chi connectivity index (χ0n) is 3.73. The average molecular weight is 215 g/mol. The van der Waals surface area contributed by atoms with Gasteiger partial charge in [-0.15, -0.1) is 0 Å². The summed E-state index contributed by atoms with van der Waals surface area (Å²) in [6.07, 6.45) is 0. The van der Waals surface area contributed by atoms with Crippen LogP contribution in [-0.4, -0.2) is 17.1 Å². The lowest BCUT2D eigenvalue weighted by molar-refractivity contribution is 1.49. The SMILES string of the molecule is CI.CN=C=S. The number of alkyl halides is 1. The van der Waals surface area contributed by atoms with Crippen LogP contribution in [0.5, 0.6) is 0 Å². The normalized spacial score (nSPS) is 3.83. The first-order valence-corrected chi connectivity index (χ1v) is 3.82. The first-order valence-electron chi connectivity index (χ1n) is 1.25. The molecule has 0 bridgehead atoms. The Bertz CT molecular complexity index is 48.8. The standard InChI is InChI=1S/C2H3NS.CH3I/c1-3-2-4;1-2/h1H3;1H3. The van der Waals surface area contributed by atoms with Gasteiger partial charge in [0, 0.05) is 7.05 Å². The Labute approximate surface area is 57.0 Å². The Hall–Kier alpha value is 0.530. The van der Waals surface area contributed by atoms with Crippen molar-refractivity contribution in [3.05, 3.63) is 0 Å². The highest BCUT2D eigenvalue weighted by atomic mass is 127. The zero-order chi connectivity index (χ0) is 5.41. The molecule has 0 aliphatic heterocycles. The summed E-state index contributed by atoms with van der Waals surface area (Å²) in [7, 11) is 1.59. The van der Waals surface area contributed by atoms with Crippen molar-refractivity contribution in [2.45, 2.75) is 0 Å². The number of thiocarbonyl (C=S) groups is 1. The number of rotatable bonds is 0. The second-order valence-corrected chi connectivity index (χ2v) is 0.497. The van der Waals surface area contributed by atoms with E-state index in [4.69, 9.17) is 0 Å². The smallest absolute Gasteiger partial charge is 0.0582 e. The van der Waals surface area contributed by atoms with Crippen LogP contribution in [0.4, 0.5) is 0 Å². The van der Waals surface area contributed by atoms with Gasteiger partial charge in [0.15, 0.2) is 0 Å². The first-order chi connectivity index (χ1) is 2.91. The summed E-state index contributed by atoms with van der Waals surface area (Å²) in [5.74, 6) is 0. The maximum Gasteiger partial charge on any atom is 0.0582 e. The fourth-order valence-electron chi connectivity index (χ4n) is 0. The first kappa shape index (κ1) is 9.73. The van der Waals surface area contributed by atoms with E-state index in [0.717, 1.165) is 0 Å². The summed E-state index contributed by atoms with van der Waals surface area (Å²) in [6, 6.07) is 0. The maximum absolute atomic E-state index is 4.14. The zero-order valence-corrected chi connectivity index (χ0v) is 6.71. The van der Waals surface area contributed by atoms with E-state index in [9.17, 15) is 0 Å². The Morgan fingerprint density at radius 2 is 1.83 bits per heavy atom. The van der Waals surface area contributed by atoms with E-state index < -0.39 is 0 Å². The maximum atomic E-state index is 4.14. The average Bonchev–Trinajstić information content (AvgIpc) is 1.72. The fourth-order valence-corrected chi connectivity index (χ4v) is 0. The van der Waals surface area contributed by atoms with Crippen LogP contribution >= 0.6 is 34.8 Å². The highest BCUT2D eigenvalue weighted by molar-refractivity contribution is 14.1. The number of halogens is 1. The molecule has 0 aromatic heterocycles. The van der Waals surface area contributed by atoms with Crippen molar-refractivity contribution in [1.29, 1.82) is 0 Å². The molecule has 0 aromatic carbocycles. The Morgan fingerprint density at radius 3 is 1.83 bits per heavy atom. The third kappa shape index (κ3) is 24.1. The lowest BCUT2D eigenvalue weighted by atomic mass is 11.4. The molecule has 0 atom stereocenters. The molecule has 0 amide bonds. The third-order valence-electron chi connectivity index (χ3n) is 0.0913. The summed E-state index contributed by atoms with van der Waals surface area (Å²) in [5, 5.41) is 2.14. The monoisotopic (exact) mass is 215 g/mol. The number of aliphatic imine (C=N–C) groups is 1. The summed E-state index contributed by atoms with van der Waals surface area (Å²) in [5.41, 5.74) is 0. The van der Waals surface area contributed by atoms with Gasteiger partial charge in [0.2, 0.25) is 0 Å². The van der Waals surface area contributed by atoms with Crippen LogP contribution in [0.25, 0.3) is 0 Å². The van der Waals surface area contributed by atoms with Gasteiger partial charge in [-0.1, -0.05) is 22.6 Å². The number of isothiocyanates is 1. The molecule has 0 spiro atoms. The molecule has 36 valence electrons. The van der Waals surface area contributed by atoms with E-state index in [1.807, 2.05) is 4.93 Å². The topological polar surface area (TPSA) is 12.4 Å². The quantitative estimate of drug-likeness (QED) is 0.259. The highest BCUT2D eigenvalue weighted by Gasteiger charge is 1.24. The molecular formula is C3H6INS. The third-order valence-corrected chi connectivity index (χ3v) is 0.274. The molecule has 0 aliphatic carbocycles. The Balaban J connectivity index is 0. The molecule has 0 N–H and O–H groups in total. The molecule has 6 heavy (non-hydrogen) atoms. The van der Waals surface area contributed by atoms with Crippen molar-refractivity contribution in [2.75, 3.05) is 12.0 Å². The van der Waals surface area contributed by atoms with Crippen LogP contribution in [0.1, 0.15) is 0 Å². The molecule has 0 saturated heterocycles.